The van der Waals surface area contributed by atoms with Gasteiger partial charge < -0.3 is 15.5 Å². The second-order valence-corrected chi connectivity index (χ2v) is 11.4. The molecule has 2 aliphatic rings. The molecular weight excluding hydrogens is 539 g/mol. The first-order valence-corrected chi connectivity index (χ1v) is 14.7. The summed E-state index contributed by atoms with van der Waals surface area (Å²) in [6, 6.07) is 8.91. The van der Waals surface area contributed by atoms with Gasteiger partial charge in [0, 0.05) is 55.8 Å². The summed E-state index contributed by atoms with van der Waals surface area (Å²) < 4.78 is 16.8. The zero-order valence-corrected chi connectivity index (χ0v) is 23.4. The number of pyridine rings is 2. The summed E-state index contributed by atoms with van der Waals surface area (Å²) in [5.74, 6) is 0.474. The maximum absolute atomic E-state index is 15.1. The number of thiazole rings is 1. The Labute approximate surface area is 240 Å². The molecule has 41 heavy (non-hydrogen) atoms. The SMILES string of the molecule is Cc1ncsc1-c1cc2cnc(Nc3ccc(N4CCNCC4)c(F)c3)nc2n(Cc2ccncc2C2CC2)c1=O. The standard InChI is InChI=1S/C30H29FN8OS/c1-18-27(41-17-35-18)23-12-21-14-34-30(36-22-4-5-26(25(31)13-22)38-10-8-32-9-11-38)37-28(21)39(29(23)40)16-20-6-7-33-15-24(20)19-2-3-19/h4-7,12-15,17,19,32H,2-3,8-11,16H2,1H3,(H,34,36,37). The molecule has 0 bridgehead atoms. The molecule has 1 saturated carbocycles. The van der Waals surface area contributed by atoms with E-state index in [0.29, 0.717) is 41.0 Å². The highest BCUT2D eigenvalue weighted by atomic mass is 32.1. The fraction of sp³-hybridized carbons (Fsp3) is 0.300. The highest BCUT2D eigenvalue weighted by Crippen LogP contribution is 2.41. The lowest BCUT2D eigenvalue weighted by molar-refractivity contribution is 0.566. The first-order chi connectivity index (χ1) is 20.0. The third kappa shape index (κ3) is 5.07. The number of halogens is 1. The molecule has 0 atom stereocenters. The fourth-order valence-corrected chi connectivity index (χ4v) is 6.29. The Morgan fingerprint density at radius 2 is 1.98 bits per heavy atom. The second kappa shape index (κ2) is 10.6. The van der Waals surface area contributed by atoms with Gasteiger partial charge >= 0.3 is 0 Å². The molecular formula is C30H29FN8OS. The Morgan fingerprint density at radius 3 is 2.73 bits per heavy atom. The van der Waals surface area contributed by atoms with E-state index in [9.17, 15) is 4.79 Å². The van der Waals surface area contributed by atoms with Gasteiger partial charge in [0.25, 0.3) is 5.56 Å². The third-order valence-corrected chi connectivity index (χ3v) is 8.73. The molecule has 5 aromatic rings. The van der Waals surface area contributed by atoms with Crippen LogP contribution in [0.1, 0.15) is 35.6 Å². The quantitative estimate of drug-likeness (QED) is 0.288. The summed E-state index contributed by atoms with van der Waals surface area (Å²) in [5.41, 5.74) is 6.87. The van der Waals surface area contributed by atoms with Crippen LogP contribution in [-0.4, -0.2) is 50.7 Å². The van der Waals surface area contributed by atoms with Crippen LogP contribution in [0.3, 0.4) is 0 Å². The number of anilines is 3. The molecule has 2 N–H and O–H groups in total. The van der Waals surface area contributed by atoms with Crippen LogP contribution in [0.5, 0.6) is 0 Å². The molecule has 0 radical (unpaired) electrons. The van der Waals surface area contributed by atoms with Gasteiger partial charge in [-0.3, -0.25) is 14.3 Å². The lowest BCUT2D eigenvalue weighted by Crippen LogP contribution is -2.43. The van der Waals surface area contributed by atoms with E-state index in [-0.39, 0.29) is 11.4 Å². The molecule has 2 fully saturated rings. The number of aromatic nitrogens is 5. The van der Waals surface area contributed by atoms with Gasteiger partial charge in [0.2, 0.25) is 5.95 Å². The Morgan fingerprint density at radius 1 is 1.12 bits per heavy atom. The van der Waals surface area contributed by atoms with E-state index in [4.69, 9.17) is 4.98 Å². The van der Waals surface area contributed by atoms with E-state index in [1.165, 1.54) is 23.0 Å². The fourth-order valence-electron chi connectivity index (χ4n) is 5.48. The van der Waals surface area contributed by atoms with Gasteiger partial charge in [0.15, 0.2) is 0 Å². The van der Waals surface area contributed by atoms with Crippen molar-refractivity contribution in [2.45, 2.75) is 32.2 Å². The maximum Gasteiger partial charge on any atom is 0.261 e. The average molecular weight is 569 g/mol. The van der Waals surface area contributed by atoms with Gasteiger partial charge in [-0.25, -0.2) is 14.4 Å². The lowest BCUT2D eigenvalue weighted by Gasteiger charge is -2.29. The summed E-state index contributed by atoms with van der Waals surface area (Å²) >= 11 is 1.45. The zero-order valence-electron chi connectivity index (χ0n) is 22.6. The summed E-state index contributed by atoms with van der Waals surface area (Å²) in [6.45, 7) is 5.45. The van der Waals surface area contributed by atoms with Crippen LogP contribution >= 0.6 is 11.3 Å². The van der Waals surface area contributed by atoms with Crippen molar-refractivity contribution >= 4 is 39.7 Å². The van der Waals surface area contributed by atoms with Crippen molar-refractivity contribution in [3.63, 3.8) is 0 Å². The molecule has 5 heterocycles. The minimum absolute atomic E-state index is 0.139. The van der Waals surface area contributed by atoms with Gasteiger partial charge in [-0.05, 0) is 67.1 Å². The zero-order chi connectivity index (χ0) is 27.9. The van der Waals surface area contributed by atoms with Gasteiger partial charge in [-0.2, -0.15) is 4.98 Å². The Balaban J connectivity index is 1.29. The van der Waals surface area contributed by atoms with Crippen LogP contribution in [0, 0.1) is 12.7 Å². The van der Waals surface area contributed by atoms with E-state index in [1.807, 2.05) is 36.2 Å². The van der Waals surface area contributed by atoms with Gasteiger partial charge in [0.05, 0.1) is 33.9 Å². The molecule has 11 heteroatoms. The van der Waals surface area contributed by atoms with E-state index >= 15 is 4.39 Å². The molecule has 7 rings (SSSR count). The number of piperazine rings is 1. The first-order valence-electron chi connectivity index (χ1n) is 13.8. The molecule has 208 valence electrons. The minimum Gasteiger partial charge on any atom is -0.367 e. The lowest BCUT2D eigenvalue weighted by atomic mass is 10.1. The second-order valence-electron chi connectivity index (χ2n) is 10.6. The van der Waals surface area contributed by atoms with E-state index < -0.39 is 0 Å². The Kier molecular flexibility index (Phi) is 6.68. The number of rotatable bonds is 7. The third-order valence-electron chi connectivity index (χ3n) is 7.77. The smallest absolute Gasteiger partial charge is 0.261 e. The summed E-state index contributed by atoms with van der Waals surface area (Å²) in [6.07, 6.45) is 7.66. The molecule has 1 saturated heterocycles. The topological polar surface area (TPSA) is 101 Å². The van der Waals surface area contributed by atoms with Gasteiger partial charge in [0.1, 0.15) is 11.5 Å². The Hall–Kier alpha value is -4.22. The highest BCUT2D eigenvalue weighted by molar-refractivity contribution is 7.13. The van der Waals surface area contributed by atoms with Crippen LogP contribution in [0.15, 0.2) is 59.2 Å². The molecule has 1 aliphatic heterocycles. The molecule has 1 aliphatic carbocycles. The van der Waals surface area contributed by atoms with Gasteiger partial charge in [-0.15, -0.1) is 11.3 Å². The number of aryl methyl sites for hydroxylation is 1. The number of hydrogen-bond donors (Lipinski definition) is 2. The minimum atomic E-state index is -0.301. The summed E-state index contributed by atoms with van der Waals surface area (Å²) in [7, 11) is 0. The molecule has 0 spiro atoms. The van der Waals surface area contributed by atoms with Crippen molar-refractivity contribution in [1.82, 2.24) is 29.8 Å². The highest BCUT2D eigenvalue weighted by Gasteiger charge is 2.27. The molecule has 0 amide bonds. The summed E-state index contributed by atoms with van der Waals surface area (Å²) in [5, 5.41) is 7.17. The number of fused-ring (bicyclic) bond motifs is 1. The maximum atomic E-state index is 15.1. The van der Waals surface area contributed by atoms with E-state index in [2.05, 4.69) is 25.6 Å². The normalized spacial score (nSPS) is 15.4. The van der Waals surface area contributed by atoms with Crippen molar-refractivity contribution < 1.29 is 4.39 Å². The van der Waals surface area contributed by atoms with Crippen LogP contribution < -0.4 is 21.1 Å². The van der Waals surface area contributed by atoms with E-state index in [0.717, 1.165) is 60.5 Å². The summed E-state index contributed by atoms with van der Waals surface area (Å²) in [4.78, 5) is 34.9. The van der Waals surface area contributed by atoms with Crippen LogP contribution in [0.25, 0.3) is 21.5 Å². The monoisotopic (exact) mass is 568 g/mol. The molecule has 1 aromatic carbocycles. The largest absolute Gasteiger partial charge is 0.367 e. The first kappa shape index (κ1) is 25.7. The predicted octanol–water partition coefficient (Wildman–Crippen LogP) is 4.84. The van der Waals surface area contributed by atoms with Crippen molar-refractivity contribution in [2.24, 2.45) is 0 Å². The van der Waals surface area contributed by atoms with Crippen molar-refractivity contribution in [2.75, 3.05) is 36.4 Å². The van der Waals surface area contributed by atoms with Gasteiger partial charge in [-0.1, -0.05) is 0 Å². The molecule has 0 unspecified atom stereocenters. The van der Waals surface area contributed by atoms with Crippen molar-refractivity contribution in [1.29, 1.82) is 0 Å². The average Bonchev–Trinajstić information content (AvgIpc) is 3.75. The number of benzene rings is 1. The van der Waals surface area contributed by atoms with Crippen molar-refractivity contribution in [3.05, 3.63) is 87.4 Å². The van der Waals surface area contributed by atoms with Crippen LogP contribution in [0.2, 0.25) is 0 Å². The number of hydrogen-bond acceptors (Lipinski definition) is 9. The molecule has 9 nitrogen and oxygen atoms in total. The number of nitrogens with one attached hydrogen (secondary N) is 2. The van der Waals surface area contributed by atoms with Crippen LogP contribution in [0.4, 0.5) is 21.7 Å². The van der Waals surface area contributed by atoms with Crippen molar-refractivity contribution in [3.8, 4) is 10.4 Å². The van der Waals surface area contributed by atoms with Crippen LogP contribution in [-0.2, 0) is 6.54 Å². The van der Waals surface area contributed by atoms with E-state index in [1.54, 1.807) is 28.5 Å². The molecule has 4 aromatic heterocycles. The Bertz CT molecular complexity index is 1810. The number of nitrogens with zero attached hydrogens (tertiary/aromatic N) is 6. The predicted molar refractivity (Wildman–Crippen MR) is 160 cm³/mol.